The number of hydrogen-bond acceptors (Lipinski definition) is 6. The van der Waals surface area contributed by atoms with E-state index >= 15 is 0 Å². The summed E-state index contributed by atoms with van der Waals surface area (Å²) in [6.07, 6.45) is 5.31. The second kappa shape index (κ2) is 7.70. The van der Waals surface area contributed by atoms with Crippen molar-refractivity contribution in [2.24, 2.45) is 5.92 Å². The zero-order valence-electron chi connectivity index (χ0n) is 14.7. The first-order valence-electron chi connectivity index (χ1n) is 8.91. The highest BCUT2D eigenvalue weighted by atomic mass is 32.1. The molecule has 6 nitrogen and oxygen atoms in total. The van der Waals surface area contributed by atoms with Crippen LogP contribution in [0.15, 0.2) is 0 Å². The van der Waals surface area contributed by atoms with E-state index in [2.05, 4.69) is 16.8 Å². The second-order valence-corrected chi connectivity index (χ2v) is 7.95. The molecule has 1 fully saturated rings. The van der Waals surface area contributed by atoms with Crippen molar-refractivity contribution in [1.29, 1.82) is 0 Å². The lowest BCUT2D eigenvalue weighted by molar-refractivity contribution is 0.0833. The zero-order valence-corrected chi connectivity index (χ0v) is 15.5. The number of rotatable bonds is 4. The van der Waals surface area contributed by atoms with Crippen LogP contribution in [0.25, 0.3) is 0 Å². The highest BCUT2D eigenvalue weighted by Gasteiger charge is 2.30. The van der Waals surface area contributed by atoms with Crippen molar-refractivity contribution in [2.75, 3.05) is 39.0 Å². The lowest BCUT2D eigenvalue weighted by Gasteiger charge is -2.38. The normalized spacial score (nSPS) is 24.0. The maximum Gasteiger partial charge on any atom is 0.409 e. The van der Waals surface area contributed by atoms with Gasteiger partial charge in [0.1, 0.15) is 0 Å². The minimum absolute atomic E-state index is 0.190. The Balaban J connectivity index is 1.59. The third kappa shape index (κ3) is 3.83. The van der Waals surface area contributed by atoms with Crippen LogP contribution in [0.2, 0.25) is 0 Å². The number of thiazole rings is 1. The summed E-state index contributed by atoms with van der Waals surface area (Å²) in [6.45, 7) is 5.97. The molecule has 134 valence electrons. The lowest BCUT2D eigenvalue weighted by Crippen LogP contribution is -2.47. The molecule has 1 aliphatic carbocycles. The fourth-order valence-electron chi connectivity index (χ4n) is 4.07. The Morgan fingerprint density at radius 3 is 3.08 bits per heavy atom. The average molecular weight is 353 g/mol. The molecule has 1 aromatic heterocycles. The van der Waals surface area contributed by atoms with Gasteiger partial charge in [-0.25, -0.2) is 9.78 Å². The molecule has 7 heteroatoms. The summed E-state index contributed by atoms with van der Waals surface area (Å²) in [7, 11) is 1.46. The van der Waals surface area contributed by atoms with Crippen molar-refractivity contribution < 1.29 is 9.53 Å². The first-order chi connectivity index (χ1) is 11.6. The van der Waals surface area contributed by atoms with Crippen molar-refractivity contribution in [2.45, 2.75) is 45.1 Å². The number of nitrogen functional groups attached to an aromatic ring is 1. The van der Waals surface area contributed by atoms with Gasteiger partial charge in [0, 0.05) is 30.6 Å². The van der Waals surface area contributed by atoms with Crippen LogP contribution in [0.1, 0.15) is 36.8 Å². The van der Waals surface area contributed by atoms with Crippen LogP contribution in [-0.2, 0) is 17.6 Å². The summed E-state index contributed by atoms with van der Waals surface area (Å²) < 4.78 is 4.88. The molecule has 1 amide bonds. The topological polar surface area (TPSA) is 71.7 Å². The average Bonchev–Trinajstić information content (AvgIpc) is 2.98. The van der Waals surface area contributed by atoms with E-state index in [0.717, 1.165) is 51.9 Å². The van der Waals surface area contributed by atoms with Gasteiger partial charge in [0.25, 0.3) is 0 Å². The quantitative estimate of drug-likeness (QED) is 0.901. The van der Waals surface area contributed by atoms with Gasteiger partial charge in [-0.1, -0.05) is 6.92 Å². The van der Waals surface area contributed by atoms with Crippen molar-refractivity contribution >= 4 is 22.6 Å². The Bertz CT molecular complexity index is 577. The van der Waals surface area contributed by atoms with Gasteiger partial charge < -0.3 is 15.4 Å². The predicted octanol–water partition coefficient (Wildman–Crippen LogP) is 2.38. The third-order valence-electron chi connectivity index (χ3n) is 5.30. The molecule has 0 bridgehead atoms. The van der Waals surface area contributed by atoms with Crippen LogP contribution in [0, 0.1) is 5.92 Å². The Morgan fingerprint density at radius 2 is 2.33 bits per heavy atom. The summed E-state index contributed by atoms with van der Waals surface area (Å²) in [6, 6.07) is 0.566. The number of aryl methyl sites for hydroxylation is 1. The second-order valence-electron chi connectivity index (χ2n) is 6.83. The summed E-state index contributed by atoms with van der Waals surface area (Å²) in [5.41, 5.74) is 7.07. The standard InChI is InChI=1S/C17H28N4O2S/c1-3-20(10-12-5-4-8-21(11-12)17(22)23-2)13-6-7-14-15(9-13)24-16(18)19-14/h12-13H,3-11H2,1-2H3,(H2,18,19). The number of nitrogens with two attached hydrogens (primary N) is 1. The number of anilines is 1. The highest BCUT2D eigenvalue weighted by molar-refractivity contribution is 7.15. The molecular formula is C17H28N4O2S. The Morgan fingerprint density at radius 1 is 1.50 bits per heavy atom. The molecule has 2 unspecified atom stereocenters. The van der Waals surface area contributed by atoms with Gasteiger partial charge in [-0.3, -0.25) is 4.90 Å². The first-order valence-corrected chi connectivity index (χ1v) is 9.73. The molecule has 0 spiro atoms. The maximum atomic E-state index is 11.8. The molecule has 2 heterocycles. The van der Waals surface area contributed by atoms with Crippen LogP contribution in [0.3, 0.4) is 0 Å². The van der Waals surface area contributed by atoms with Crippen molar-refractivity contribution in [3.05, 3.63) is 10.6 Å². The molecule has 1 aliphatic heterocycles. The minimum atomic E-state index is -0.190. The molecule has 1 aromatic rings. The van der Waals surface area contributed by atoms with E-state index in [-0.39, 0.29) is 6.09 Å². The highest BCUT2D eigenvalue weighted by Crippen LogP contribution is 2.31. The van der Waals surface area contributed by atoms with Gasteiger partial charge in [-0.05, 0) is 44.6 Å². The molecule has 0 aromatic carbocycles. The predicted molar refractivity (Wildman–Crippen MR) is 96.3 cm³/mol. The number of ether oxygens (including phenoxy) is 1. The SMILES string of the molecule is CCN(CC1CCCN(C(=O)OC)C1)C1CCc2nc(N)sc2C1. The molecule has 0 radical (unpaired) electrons. The number of amides is 1. The molecule has 24 heavy (non-hydrogen) atoms. The summed E-state index contributed by atoms with van der Waals surface area (Å²) in [5, 5.41) is 0.699. The van der Waals surface area contributed by atoms with E-state index in [9.17, 15) is 4.79 Å². The summed E-state index contributed by atoms with van der Waals surface area (Å²) in [4.78, 5) is 22.0. The van der Waals surface area contributed by atoms with E-state index in [1.807, 2.05) is 4.90 Å². The van der Waals surface area contributed by atoms with E-state index in [1.165, 1.54) is 24.1 Å². The minimum Gasteiger partial charge on any atom is -0.453 e. The van der Waals surface area contributed by atoms with E-state index in [1.54, 1.807) is 11.3 Å². The van der Waals surface area contributed by atoms with Crippen molar-refractivity contribution in [1.82, 2.24) is 14.8 Å². The van der Waals surface area contributed by atoms with E-state index in [0.29, 0.717) is 17.1 Å². The van der Waals surface area contributed by atoms with Crippen molar-refractivity contribution in [3.63, 3.8) is 0 Å². The Labute approximate surface area is 148 Å². The summed E-state index contributed by atoms with van der Waals surface area (Å²) in [5.74, 6) is 0.533. The Kier molecular flexibility index (Phi) is 5.61. The molecule has 2 N–H and O–H groups in total. The van der Waals surface area contributed by atoms with E-state index < -0.39 is 0 Å². The van der Waals surface area contributed by atoms with Gasteiger partial charge in [0.05, 0.1) is 12.8 Å². The van der Waals surface area contributed by atoms with Gasteiger partial charge in [-0.2, -0.15) is 0 Å². The number of carbonyl (C=O) groups is 1. The van der Waals surface area contributed by atoms with Crippen LogP contribution in [-0.4, -0.2) is 60.2 Å². The summed E-state index contributed by atoms with van der Waals surface area (Å²) >= 11 is 1.65. The number of methoxy groups -OCH3 is 1. The zero-order chi connectivity index (χ0) is 17.1. The third-order valence-corrected chi connectivity index (χ3v) is 6.25. The first kappa shape index (κ1) is 17.5. The number of nitrogens with zero attached hydrogens (tertiary/aromatic N) is 3. The van der Waals surface area contributed by atoms with Gasteiger partial charge in [0.2, 0.25) is 0 Å². The lowest BCUT2D eigenvalue weighted by atomic mass is 9.93. The van der Waals surface area contributed by atoms with Crippen LogP contribution in [0.4, 0.5) is 9.93 Å². The Hall–Kier alpha value is -1.34. The van der Waals surface area contributed by atoms with Crippen LogP contribution < -0.4 is 5.73 Å². The number of aromatic nitrogens is 1. The van der Waals surface area contributed by atoms with Gasteiger partial charge >= 0.3 is 6.09 Å². The van der Waals surface area contributed by atoms with Crippen LogP contribution >= 0.6 is 11.3 Å². The van der Waals surface area contributed by atoms with E-state index in [4.69, 9.17) is 10.5 Å². The molecule has 3 rings (SSSR count). The monoisotopic (exact) mass is 352 g/mol. The fourth-order valence-corrected chi connectivity index (χ4v) is 5.02. The number of fused-ring (bicyclic) bond motifs is 1. The van der Waals surface area contributed by atoms with Crippen molar-refractivity contribution in [3.8, 4) is 0 Å². The molecule has 2 aliphatic rings. The number of likely N-dealkylation sites (N-methyl/N-ethyl adjacent to an activating group) is 1. The molecule has 2 atom stereocenters. The number of likely N-dealkylation sites (tertiary alicyclic amines) is 1. The van der Waals surface area contributed by atoms with Crippen LogP contribution in [0.5, 0.6) is 0 Å². The smallest absolute Gasteiger partial charge is 0.409 e. The van der Waals surface area contributed by atoms with Gasteiger partial charge in [0.15, 0.2) is 5.13 Å². The molecule has 1 saturated heterocycles. The number of hydrogen-bond donors (Lipinski definition) is 1. The van der Waals surface area contributed by atoms with Gasteiger partial charge in [-0.15, -0.1) is 11.3 Å². The number of carbonyl (C=O) groups excluding carboxylic acids is 1. The maximum absolute atomic E-state index is 11.8. The number of piperidine rings is 1. The largest absolute Gasteiger partial charge is 0.453 e. The molecule has 0 saturated carbocycles. The molecular weight excluding hydrogens is 324 g/mol. The fraction of sp³-hybridized carbons (Fsp3) is 0.765.